The summed E-state index contributed by atoms with van der Waals surface area (Å²) < 4.78 is 45.0. The van der Waals surface area contributed by atoms with E-state index in [1.807, 2.05) is 6.92 Å². The van der Waals surface area contributed by atoms with Gasteiger partial charge in [0.05, 0.1) is 13.2 Å². The molecule has 0 aliphatic carbocycles. The molecule has 0 saturated carbocycles. The van der Waals surface area contributed by atoms with E-state index in [-0.39, 0.29) is 0 Å². The van der Waals surface area contributed by atoms with Crippen molar-refractivity contribution < 1.29 is 17.9 Å². The van der Waals surface area contributed by atoms with E-state index in [0.717, 1.165) is 17.7 Å². The first-order valence-corrected chi connectivity index (χ1v) is 6.58. The standard InChI is InChI=1S/C16H16F3NO/c1-3-20-16(10-4-6-12(21-2)7-5-10)11-8-13(17)15(19)14(18)9-11/h4-9,16,20H,3H2,1-2H3. The Morgan fingerprint density at radius 2 is 1.57 bits per heavy atom. The molecular formula is C16H16F3NO. The zero-order valence-corrected chi connectivity index (χ0v) is 11.8. The van der Waals surface area contributed by atoms with Gasteiger partial charge < -0.3 is 10.1 Å². The van der Waals surface area contributed by atoms with E-state index in [0.29, 0.717) is 17.9 Å². The molecule has 0 amide bonds. The van der Waals surface area contributed by atoms with Crippen molar-refractivity contribution in [3.05, 3.63) is 65.0 Å². The second kappa shape index (κ2) is 6.63. The van der Waals surface area contributed by atoms with Crippen LogP contribution in [-0.4, -0.2) is 13.7 Å². The molecule has 0 heterocycles. The Labute approximate surface area is 121 Å². The molecule has 2 aromatic rings. The average Bonchev–Trinajstić information content (AvgIpc) is 2.50. The van der Waals surface area contributed by atoms with Gasteiger partial charge in [-0.15, -0.1) is 0 Å². The van der Waals surface area contributed by atoms with Gasteiger partial charge in [0, 0.05) is 0 Å². The lowest BCUT2D eigenvalue weighted by Crippen LogP contribution is -2.22. The van der Waals surface area contributed by atoms with Crippen molar-refractivity contribution in [2.45, 2.75) is 13.0 Å². The molecule has 0 radical (unpaired) electrons. The van der Waals surface area contributed by atoms with Crippen molar-refractivity contribution in [1.29, 1.82) is 0 Å². The van der Waals surface area contributed by atoms with Crippen molar-refractivity contribution in [2.75, 3.05) is 13.7 Å². The van der Waals surface area contributed by atoms with Crippen LogP contribution in [-0.2, 0) is 0 Å². The Morgan fingerprint density at radius 1 is 1.00 bits per heavy atom. The largest absolute Gasteiger partial charge is 0.497 e. The van der Waals surface area contributed by atoms with Crippen LogP contribution in [0.5, 0.6) is 5.75 Å². The van der Waals surface area contributed by atoms with E-state index in [2.05, 4.69) is 5.32 Å². The van der Waals surface area contributed by atoms with E-state index in [9.17, 15) is 13.2 Å². The minimum absolute atomic E-state index is 0.332. The predicted octanol–water partition coefficient (Wildman–Crippen LogP) is 3.81. The molecule has 2 nitrogen and oxygen atoms in total. The van der Waals surface area contributed by atoms with Crippen LogP contribution in [0, 0.1) is 17.5 Å². The van der Waals surface area contributed by atoms with Crippen molar-refractivity contribution in [2.24, 2.45) is 0 Å². The van der Waals surface area contributed by atoms with Gasteiger partial charge in [-0.2, -0.15) is 0 Å². The summed E-state index contributed by atoms with van der Waals surface area (Å²) in [4.78, 5) is 0. The van der Waals surface area contributed by atoms with E-state index in [1.165, 1.54) is 0 Å². The maximum atomic E-state index is 13.4. The highest BCUT2D eigenvalue weighted by molar-refractivity contribution is 5.36. The van der Waals surface area contributed by atoms with Crippen LogP contribution in [0.3, 0.4) is 0 Å². The van der Waals surface area contributed by atoms with E-state index >= 15 is 0 Å². The zero-order chi connectivity index (χ0) is 15.4. The highest BCUT2D eigenvalue weighted by atomic mass is 19.2. The maximum absolute atomic E-state index is 13.4. The van der Waals surface area contributed by atoms with E-state index in [4.69, 9.17) is 4.74 Å². The Balaban J connectivity index is 2.42. The number of methoxy groups -OCH3 is 1. The second-order valence-corrected chi connectivity index (χ2v) is 4.56. The zero-order valence-electron chi connectivity index (χ0n) is 11.8. The van der Waals surface area contributed by atoms with Gasteiger partial charge >= 0.3 is 0 Å². The lowest BCUT2D eigenvalue weighted by molar-refractivity contribution is 0.414. The first-order valence-electron chi connectivity index (χ1n) is 6.58. The van der Waals surface area contributed by atoms with Crippen molar-refractivity contribution in [3.63, 3.8) is 0 Å². The molecule has 112 valence electrons. The molecule has 5 heteroatoms. The molecule has 1 atom stereocenters. The third-order valence-electron chi connectivity index (χ3n) is 3.20. The smallest absolute Gasteiger partial charge is 0.194 e. The monoisotopic (exact) mass is 295 g/mol. The number of benzene rings is 2. The van der Waals surface area contributed by atoms with Gasteiger partial charge in [-0.05, 0) is 41.9 Å². The molecule has 2 aromatic carbocycles. The number of ether oxygens (including phenoxy) is 1. The van der Waals surface area contributed by atoms with Crippen LogP contribution in [0.4, 0.5) is 13.2 Å². The molecule has 0 aliphatic heterocycles. The Morgan fingerprint density at radius 3 is 2.05 bits per heavy atom. The topological polar surface area (TPSA) is 21.3 Å². The molecule has 0 aromatic heterocycles. The van der Waals surface area contributed by atoms with Crippen LogP contribution in [0.2, 0.25) is 0 Å². The molecule has 0 spiro atoms. The van der Waals surface area contributed by atoms with Crippen LogP contribution in [0.15, 0.2) is 36.4 Å². The number of hydrogen-bond donors (Lipinski definition) is 1. The van der Waals surface area contributed by atoms with Gasteiger partial charge in [0.2, 0.25) is 0 Å². The van der Waals surface area contributed by atoms with Crippen LogP contribution in [0.25, 0.3) is 0 Å². The molecular weight excluding hydrogens is 279 g/mol. The minimum Gasteiger partial charge on any atom is -0.497 e. The maximum Gasteiger partial charge on any atom is 0.194 e. The van der Waals surface area contributed by atoms with Gasteiger partial charge in [0.25, 0.3) is 0 Å². The number of halogens is 3. The summed E-state index contributed by atoms with van der Waals surface area (Å²) in [6, 6.07) is 8.71. The summed E-state index contributed by atoms with van der Waals surface area (Å²) in [5.41, 5.74) is 1.14. The molecule has 21 heavy (non-hydrogen) atoms. The van der Waals surface area contributed by atoms with Crippen LogP contribution < -0.4 is 10.1 Å². The lowest BCUT2D eigenvalue weighted by atomic mass is 9.98. The first-order chi connectivity index (χ1) is 10.1. The fraction of sp³-hybridized carbons (Fsp3) is 0.250. The van der Waals surface area contributed by atoms with Gasteiger partial charge in [0.15, 0.2) is 17.5 Å². The number of nitrogens with one attached hydrogen (secondary N) is 1. The van der Waals surface area contributed by atoms with Crippen LogP contribution >= 0.6 is 0 Å². The minimum atomic E-state index is -1.45. The Kier molecular flexibility index (Phi) is 4.85. The summed E-state index contributed by atoms with van der Waals surface area (Å²) in [7, 11) is 1.56. The van der Waals surface area contributed by atoms with Gasteiger partial charge in [0.1, 0.15) is 5.75 Å². The molecule has 0 aliphatic rings. The molecule has 1 N–H and O–H groups in total. The van der Waals surface area contributed by atoms with E-state index in [1.54, 1.807) is 31.4 Å². The molecule has 0 bridgehead atoms. The summed E-state index contributed by atoms with van der Waals surface area (Å²) in [5.74, 6) is -3.16. The third-order valence-corrected chi connectivity index (χ3v) is 3.20. The van der Waals surface area contributed by atoms with Gasteiger partial charge in [-0.25, -0.2) is 13.2 Å². The summed E-state index contributed by atoms with van der Waals surface area (Å²) in [5, 5.41) is 3.13. The SMILES string of the molecule is CCNC(c1ccc(OC)cc1)c1cc(F)c(F)c(F)c1. The number of hydrogen-bond acceptors (Lipinski definition) is 2. The lowest BCUT2D eigenvalue weighted by Gasteiger charge is -2.19. The Hall–Kier alpha value is -2.01. The van der Waals surface area contributed by atoms with E-state index < -0.39 is 23.5 Å². The van der Waals surface area contributed by atoms with Crippen molar-refractivity contribution >= 4 is 0 Å². The first kappa shape index (κ1) is 15.4. The van der Waals surface area contributed by atoms with Crippen molar-refractivity contribution in [1.82, 2.24) is 5.32 Å². The Bertz CT molecular complexity index is 590. The summed E-state index contributed by atoms with van der Waals surface area (Å²) in [6.45, 7) is 2.48. The molecule has 0 fully saturated rings. The highest BCUT2D eigenvalue weighted by Crippen LogP contribution is 2.26. The predicted molar refractivity (Wildman–Crippen MR) is 74.8 cm³/mol. The fourth-order valence-electron chi connectivity index (χ4n) is 2.17. The number of rotatable bonds is 5. The summed E-state index contributed by atoms with van der Waals surface area (Å²) in [6.07, 6.45) is 0. The molecule has 1 unspecified atom stereocenters. The average molecular weight is 295 g/mol. The van der Waals surface area contributed by atoms with Gasteiger partial charge in [-0.1, -0.05) is 19.1 Å². The normalized spacial score (nSPS) is 12.2. The van der Waals surface area contributed by atoms with Gasteiger partial charge in [-0.3, -0.25) is 0 Å². The quantitative estimate of drug-likeness (QED) is 0.847. The van der Waals surface area contributed by atoms with Crippen LogP contribution in [0.1, 0.15) is 24.1 Å². The molecule has 0 saturated heterocycles. The van der Waals surface area contributed by atoms with Crippen molar-refractivity contribution in [3.8, 4) is 5.75 Å². The second-order valence-electron chi connectivity index (χ2n) is 4.56. The highest BCUT2D eigenvalue weighted by Gasteiger charge is 2.18. The summed E-state index contributed by atoms with van der Waals surface area (Å²) >= 11 is 0. The fourth-order valence-corrected chi connectivity index (χ4v) is 2.17. The third kappa shape index (κ3) is 3.36. The molecule has 2 rings (SSSR count).